The van der Waals surface area contributed by atoms with Crippen LogP contribution in [0.25, 0.3) is 0 Å². The molecule has 8 heteroatoms. The summed E-state index contributed by atoms with van der Waals surface area (Å²) < 4.78 is 0. The van der Waals surface area contributed by atoms with E-state index in [0.29, 0.717) is 0 Å². The van der Waals surface area contributed by atoms with Gasteiger partial charge in [0.05, 0.1) is 0 Å². The first-order chi connectivity index (χ1) is 23.8. The van der Waals surface area contributed by atoms with Gasteiger partial charge in [0.15, 0.2) is 0 Å². The van der Waals surface area contributed by atoms with Gasteiger partial charge in [-0.2, -0.15) is 0 Å². The number of rotatable bonds is 12. The Hall–Kier alpha value is -3.42. The summed E-state index contributed by atoms with van der Waals surface area (Å²) in [6, 6.07) is 40.1. The van der Waals surface area contributed by atoms with Gasteiger partial charge in [-0.15, -0.1) is 24.8 Å². The molecule has 0 bridgehead atoms. The second-order valence-electron chi connectivity index (χ2n) is 14.1. The predicted molar refractivity (Wildman–Crippen MR) is 218 cm³/mol. The molecule has 2 N–H and O–H groups in total. The topological polar surface area (TPSA) is 37.0 Å². The third-order valence-corrected chi connectivity index (χ3v) is 10.8. The fourth-order valence-corrected chi connectivity index (χ4v) is 7.99. The quantitative estimate of drug-likeness (QED) is 0.156. The van der Waals surface area contributed by atoms with Crippen LogP contribution in [0.1, 0.15) is 36.8 Å². The van der Waals surface area contributed by atoms with Crippen LogP contribution in [-0.2, 0) is 13.1 Å². The maximum atomic E-state index is 3.79. The zero-order chi connectivity index (χ0) is 32.4. The molecule has 4 aromatic rings. The molecule has 7 rings (SSSR count). The van der Waals surface area contributed by atoms with E-state index in [-0.39, 0.29) is 24.8 Å². The molecule has 3 aliphatic rings. The maximum absolute atomic E-state index is 3.79. The normalized spacial score (nSPS) is 19.4. The van der Waals surface area contributed by atoms with Crippen molar-refractivity contribution in [1.82, 2.24) is 10.6 Å². The summed E-state index contributed by atoms with van der Waals surface area (Å²) in [5, 5.41) is 7.58. The number of benzene rings is 4. The van der Waals surface area contributed by atoms with E-state index in [4.69, 9.17) is 0 Å². The van der Waals surface area contributed by atoms with Crippen LogP contribution >= 0.6 is 24.8 Å². The minimum Gasteiger partial charge on any atom is -0.368 e. The van der Waals surface area contributed by atoms with Gasteiger partial charge in [-0.3, -0.25) is 0 Å². The minimum atomic E-state index is 0. The highest BCUT2D eigenvalue weighted by atomic mass is 35.5. The summed E-state index contributed by atoms with van der Waals surface area (Å²) in [5.41, 5.74) is 8.15. The molecule has 2 unspecified atom stereocenters. The molecular weight excluding hydrogens is 659 g/mol. The van der Waals surface area contributed by atoms with Gasteiger partial charge in [-0.25, -0.2) is 0 Å². The first-order valence-corrected chi connectivity index (χ1v) is 18.5. The lowest BCUT2D eigenvalue weighted by Gasteiger charge is -2.37. The number of para-hydroxylation sites is 2. The number of nitrogens with one attached hydrogen (secondary N) is 2. The van der Waals surface area contributed by atoms with Gasteiger partial charge in [0.2, 0.25) is 0 Å². The lowest BCUT2D eigenvalue weighted by atomic mass is 9.81. The smallest absolute Gasteiger partial charge is 0.0367 e. The van der Waals surface area contributed by atoms with Gasteiger partial charge in [0.1, 0.15) is 0 Å². The fraction of sp³-hybridized carbons (Fsp3) is 0.429. The molecule has 2 heterocycles. The van der Waals surface area contributed by atoms with Gasteiger partial charge >= 0.3 is 0 Å². The summed E-state index contributed by atoms with van der Waals surface area (Å²) in [5.74, 6) is 1.57. The van der Waals surface area contributed by atoms with Crippen molar-refractivity contribution in [3.05, 3.63) is 120 Å². The molecule has 0 amide bonds. The molecule has 0 aromatic heterocycles. The van der Waals surface area contributed by atoms with Gasteiger partial charge in [-0.1, -0.05) is 67.1 Å². The average molecular weight is 716 g/mol. The second-order valence-corrected chi connectivity index (χ2v) is 14.1. The number of halogens is 2. The van der Waals surface area contributed by atoms with Crippen LogP contribution in [0.15, 0.2) is 109 Å². The summed E-state index contributed by atoms with van der Waals surface area (Å²) in [6.07, 6.45) is 5.41. The van der Waals surface area contributed by atoms with Crippen LogP contribution in [0, 0.1) is 11.8 Å². The molecule has 3 fully saturated rings. The Kier molecular flexibility index (Phi) is 14.6. The predicted octanol–water partition coefficient (Wildman–Crippen LogP) is 7.87. The van der Waals surface area contributed by atoms with Crippen molar-refractivity contribution in [3.8, 4) is 0 Å². The van der Waals surface area contributed by atoms with E-state index in [9.17, 15) is 0 Å². The van der Waals surface area contributed by atoms with Gasteiger partial charge in [0.25, 0.3) is 0 Å². The molecule has 1 saturated carbocycles. The molecule has 4 aromatic carbocycles. The summed E-state index contributed by atoms with van der Waals surface area (Å²) in [6.45, 7) is 12.8. The van der Waals surface area contributed by atoms with Crippen LogP contribution < -0.4 is 30.2 Å². The van der Waals surface area contributed by atoms with Gasteiger partial charge in [-0.05, 0) is 104 Å². The van der Waals surface area contributed by atoms with Crippen LogP contribution in [0.2, 0.25) is 0 Å². The number of piperazine rings is 2. The standard InChI is InChI=1S/C42H54N6.2ClH/c1-3-10-39(11-4-1)45-22-26-47(27-23-45)41-18-14-35(15-19-41)31-43-33-37-8-7-9-38(30-37)34-44-32-36-16-20-42(21-17-36)48-28-24-46(25-29-48)40-12-5-2-6-13-40;;/h1-6,10-21,37-38,43-44H,7-9,22-34H2;2*1H. The minimum absolute atomic E-state index is 0. The third-order valence-electron chi connectivity index (χ3n) is 10.8. The van der Waals surface area contributed by atoms with Crippen LogP contribution in [0.3, 0.4) is 0 Å². The zero-order valence-corrected chi connectivity index (χ0v) is 31.1. The number of anilines is 4. The second kappa shape index (κ2) is 19.3. The third kappa shape index (κ3) is 10.3. The molecule has 50 heavy (non-hydrogen) atoms. The molecule has 2 saturated heterocycles. The Morgan fingerprint density at radius 3 is 1.08 bits per heavy atom. The van der Waals surface area contributed by atoms with Gasteiger partial charge in [0, 0.05) is 88.2 Å². The molecule has 0 spiro atoms. The van der Waals surface area contributed by atoms with Crippen molar-refractivity contribution in [3.63, 3.8) is 0 Å². The largest absolute Gasteiger partial charge is 0.368 e. The maximum Gasteiger partial charge on any atom is 0.0367 e. The molecule has 2 aliphatic heterocycles. The molecule has 268 valence electrons. The van der Waals surface area contributed by atoms with Crippen molar-refractivity contribution in [2.24, 2.45) is 11.8 Å². The van der Waals surface area contributed by atoms with Crippen molar-refractivity contribution < 1.29 is 0 Å². The van der Waals surface area contributed by atoms with E-state index in [2.05, 4.69) is 139 Å². The Labute approximate surface area is 313 Å². The van der Waals surface area contributed by atoms with E-state index in [1.54, 1.807) is 0 Å². The zero-order valence-electron chi connectivity index (χ0n) is 29.5. The molecule has 6 nitrogen and oxygen atoms in total. The first-order valence-electron chi connectivity index (χ1n) is 18.5. The lowest BCUT2D eigenvalue weighted by Crippen LogP contribution is -2.46. The fourth-order valence-electron chi connectivity index (χ4n) is 7.99. The van der Waals surface area contributed by atoms with E-state index in [0.717, 1.165) is 90.4 Å². The molecule has 1 aliphatic carbocycles. The SMILES string of the molecule is Cl.Cl.c1ccc(N2CCN(c3ccc(CNCC4CCCC(CNCc5ccc(N6CCN(c7ccccc7)CC6)cc5)C4)cc3)CC2)cc1. The molecule has 0 radical (unpaired) electrons. The lowest BCUT2D eigenvalue weighted by molar-refractivity contribution is 0.252. The van der Waals surface area contributed by atoms with E-state index < -0.39 is 0 Å². The van der Waals surface area contributed by atoms with Crippen molar-refractivity contribution >= 4 is 47.6 Å². The Morgan fingerprint density at radius 2 is 0.740 bits per heavy atom. The summed E-state index contributed by atoms with van der Waals surface area (Å²) >= 11 is 0. The Balaban J connectivity index is 0.00000243. The van der Waals surface area contributed by atoms with E-state index in [1.165, 1.54) is 59.6 Å². The average Bonchev–Trinajstić information content (AvgIpc) is 3.16. The Bertz CT molecular complexity index is 1390. The number of nitrogens with zero attached hydrogens (tertiary/aromatic N) is 4. The number of hydrogen-bond donors (Lipinski definition) is 2. The highest BCUT2D eigenvalue weighted by molar-refractivity contribution is 5.85. The van der Waals surface area contributed by atoms with E-state index in [1.807, 2.05) is 0 Å². The van der Waals surface area contributed by atoms with E-state index >= 15 is 0 Å². The van der Waals surface area contributed by atoms with Crippen molar-refractivity contribution in [2.75, 3.05) is 85.0 Å². The molecule has 2 atom stereocenters. The van der Waals surface area contributed by atoms with Gasteiger partial charge < -0.3 is 30.2 Å². The Morgan fingerprint density at radius 1 is 0.420 bits per heavy atom. The first kappa shape index (κ1) is 37.8. The highest BCUT2D eigenvalue weighted by Crippen LogP contribution is 2.29. The number of hydrogen-bond acceptors (Lipinski definition) is 6. The van der Waals surface area contributed by atoms with Crippen LogP contribution in [-0.4, -0.2) is 65.4 Å². The van der Waals surface area contributed by atoms with Crippen LogP contribution in [0.5, 0.6) is 0 Å². The summed E-state index contributed by atoms with van der Waals surface area (Å²) in [4.78, 5) is 10.0. The molecular formula is C42H56Cl2N6. The monoisotopic (exact) mass is 714 g/mol. The van der Waals surface area contributed by atoms with Crippen molar-refractivity contribution in [1.29, 1.82) is 0 Å². The summed E-state index contributed by atoms with van der Waals surface area (Å²) in [7, 11) is 0. The highest BCUT2D eigenvalue weighted by Gasteiger charge is 2.22. The van der Waals surface area contributed by atoms with Crippen LogP contribution in [0.4, 0.5) is 22.7 Å². The van der Waals surface area contributed by atoms with Crippen molar-refractivity contribution in [2.45, 2.75) is 38.8 Å².